The summed E-state index contributed by atoms with van der Waals surface area (Å²) < 4.78 is 18.4. The summed E-state index contributed by atoms with van der Waals surface area (Å²) >= 11 is 5.61. The highest BCUT2D eigenvalue weighted by molar-refractivity contribution is 6.30. The van der Waals surface area contributed by atoms with Crippen LogP contribution in [0.3, 0.4) is 0 Å². The fourth-order valence-electron chi connectivity index (χ4n) is 1.79. The number of anilines is 1. The van der Waals surface area contributed by atoms with Gasteiger partial charge in [0.1, 0.15) is 11.6 Å². The van der Waals surface area contributed by atoms with Crippen molar-refractivity contribution in [3.05, 3.63) is 62.9 Å². The number of ether oxygens (including phenoxy) is 1. The molecule has 2 aromatic rings. The van der Waals surface area contributed by atoms with Crippen LogP contribution in [0.2, 0.25) is 5.02 Å². The minimum Gasteiger partial charge on any atom is -0.494 e. The van der Waals surface area contributed by atoms with E-state index < -0.39 is 10.7 Å². The molecule has 0 atom stereocenters. The second-order valence-corrected chi connectivity index (χ2v) is 4.65. The summed E-state index contributed by atoms with van der Waals surface area (Å²) in [6, 6.07) is 8.73. The number of rotatable bonds is 5. The number of halogens is 2. The molecule has 0 saturated carbocycles. The maximum absolute atomic E-state index is 13.3. The molecule has 0 fully saturated rings. The van der Waals surface area contributed by atoms with Crippen molar-refractivity contribution in [3.63, 3.8) is 0 Å². The minimum absolute atomic E-state index is 0.0602. The predicted octanol–water partition coefficient (Wildman–Crippen LogP) is 4.01. The third-order valence-electron chi connectivity index (χ3n) is 2.86. The molecule has 0 aliphatic carbocycles. The average molecular weight is 311 g/mol. The molecule has 0 bridgehead atoms. The van der Waals surface area contributed by atoms with Crippen molar-refractivity contribution >= 4 is 23.0 Å². The summed E-state index contributed by atoms with van der Waals surface area (Å²) in [4.78, 5) is 10.2. The van der Waals surface area contributed by atoms with Gasteiger partial charge in [0.15, 0.2) is 0 Å². The molecule has 5 nitrogen and oxygen atoms in total. The highest BCUT2D eigenvalue weighted by atomic mass is 35.5. The number of benzene rings is 2. The Hall–Kier alpha value is -2.34. The van der Waals surface area contributed by atoms with E-state index in [4.69, 9.17) is 16.3 Å². The third kappa shape index (κ3) is 3.61. The first kappa shape index (κ1) is 15.1. The number of hydrogen-bond donors (Lipinski definition) is 1. The van der Waals surface area contributed by atoms with Gasteiger partial charge in [0.05, 0.1) is 28.8 Å². The topological polar surface area (TPSA) is 64.4 Å². The number of methoxy groups -OCH3 is 1. The van der Waals surface area contributed by atoms with E-state index in [0.717, 1.165) is 0 Å². The number of nitrogens with one attached hydrogen (secondary N) is 1. The van der Waals surface area contributed by atoms with Crippen LogP contribution in [0, 0.1) is 15.9 Å². The highest BCUT2D eigenvalue weighted by Crippen LogP contribution is 2.29. The fraction of sp³-hybridized carbons (Fsp3) is 0.143. The van der Waals surface area contributed by atoms with Crippen molar-refractivity contribution < 1.29 is 14.1 Å². The molecule has 21 heavy (non-hydrogen) atoms. The molecule has 0 aliphatic rings. The quantitative estimate of drug-likeness (QED) is 0.669. The van der Waals surface area contributed by atoms with E-state index in [9.17, 15) is 14.5 Å². The van der Waals surface area contributed by atoms with Crippen molar-refractivity contribution in [2.75, 3.05) is 12.4 Å². The van der Waals surface area contributed by atoms with Crippen molar-refractivity contribution in [3.8, 4) is 5.75 Å². The molecule has 0 amide bonds. The molecule has 0 radical (unpaired) electrons. The zero-order valence-corrected chi connectivity index (χ0v) is 11.9. The molecule has 2 aromatic carbocycles. The van der Waals surface area contributed by atoms with Crippen LogP contribution in [0.4, 0.5) is 15.8 Å². The molecule has 110 valence electrons. The van der Waals surface area contributed by atoms with Crippen molar-refractivity contribution in [2.24, 2.45) is 0 Å². The molecule has 0 heterocycles. The van der Waals surface area contributed by atoms with Gasteiger partial charge in [0.25, 0.3) is 5.69 Å². The molecule has 7 heteroatoms. The second-order valence-electron chi connectivity index (χ2n) is 4.24. The summed E-state index contributed by atoms with van der Waals surface area (Å²) in [5.41, 5.74) is 1.21. The van der Waals surface area contributed by atoms with Gasteiger partial charge in [-0.1, -0.05) is 17.7 Å². The van der Waals surface area contributed by atoms with Gasteiger partial charge in [-0.3, -0.25) is 10.1 Å². The summed E-state index contributed by atoms with van der Waals surface area (Å²) in [7, 11) is 1.42. The first-order valence-electron chi connectivity index (χ1n) is 6.01. The minimum atomic E-state index is -0.499. The van der Waals surface area contributed by atoms with E-state index in [1.54, 1.807) is 12.1 Å². The van der Waals surface area contributed by atoms with Gasteiger partial charge in [-0.05, 0) is 23.8 Å². The predicted molar refractivity (Wildman–Crippen MR) is 78.4 cm³/mol. The van der Waals surface area contributed by atoms with E-state index in [0.29, 0.717) is 23.5 Å². The summed E-state index contributed by atoms with van der Waals surface area (Å²) in [5.74, 6) is -0.148. The summed E-state index contributed by atoms with van der Waals surface area (Å²) in [6.07, 6.45) is 0. The molecular weight excluding hydrogens is 299 g/mol. The summed E-state index contributed by atoms with van der Waals surface area (Å²) in [6.45, 7) is 0.336. The van der Waals surface area contributed by atoms with Gasteiger partial charge < -0.3 is 10.1 Å². The Morgan fingerprint density at radius 1 is 1.33 bits per heavy atom. The lowest BCUT2D eigenvalue weighted by molar-refractivity contribution is -0.384. The van der Waals surface area contributed by atoms with E-state index in [1.807, 2.05) is 0 Å². The van der Waals surface area contributed by atoms with Gasteiger partial charge in [0, 0.05) is 12.6 Å². The van der Waals surface area contributed by atoms with Gasteiger partial charge in [-0.15, -0.1) is 0 Å². The Morgan fingerprint density at radius 3 is 2.71 bits per heavy atom. The van der Waals surface area contributed by atoms with Crippen molar-refractivity contribution in [1.82, 2.24) is 0 Å². The Morgan fingerprint density at radius 2 is 2.10 bits per heavy atom. The first-order valence-corrected chi connectivity index (χ1v) is 6.39. The van der Waals surface area contributed by atoms with Crippen LogP contribution < -0.4 is 10.1 Å². The van der Waals surface area contributed by atoms with Crippen molar-refractivity contribution in [1.29, 1.82) is 0 Å². The van der Waals surface area contributed by atoms with Crippen LogP contribution in [0.25, 0.3) is 0 Å². The molecule has 0 aliphatic heterocycles. The van der Waals surface area contributed by atoms with Crippen LogP contribution in [0.5, 0.6) is 5.75 Å². The van der Waals surface area contributed by atoms with Gasteiger partial charge in [0.2, 0.25) is 0 Å². The smallest absolute Gasteiger partial charge is 0.273 e. The standard InChI is InChI=1S/C14H12ClFN2O3/c1-21-14-7-10(18(19)20)3-5-13(14)17-8-9-2-4-11(15)12(16)6-9/h2-7,17H,8H2,1H3. The Bertz CT molecular complexity index is 679. The van der Waals surface area contributed by atoms with Crippen LogP contribution in [0.1, 0.15) is 5.56 Å². The molecule has 0 unspecified atom stereocenters. The van der Waals surface area contributed by atoms with E-state index in [-0.39, 0.29) is 10.7 Å². The molecule has 1 N–H and O–H groups in total. The molecular formula is C14H12ClFN2O3. The van der Waals surface area contributed by atoms with Gasteiger partial charge in [-0.2, -0.15) is 0 Å². The lowest BCUT2D eigenvalue weighted by Gasteiger charge is -2.11. The van der Waals surface area contributed by atoms with Gasteiger partial charge >= 0.3 is 0 Å². The number of nitrogens with zero attached hydrogens (tertiary/aromatic N) is 1. The van der Waals surface area contributed by atoms with E-state index in [1.165, 1.54) is 31.4 Å². The Labute approximate surface area is 125 Å². The summed E-state index contributed by atoms with van der Waals surface area (Å²) in [5, 5.41) is 13.8. The molecule has 0 aromatic heterocycles. The van der Waals surface area contributed by atoms with Crippen LogP contribution in [-0.4, -0.2) is 12.0 Å². The highest BCUT2D eigenvalue weighted by Gasteiger charge is 2.11. The van der Waals surface area contributed by atoms with E-state index >= 15 is 0 Å². The monoisotopic (exact) mass is 310 g/mol. The zero-order chi connectivity index (χ0) is 15.4. The largest absolute Gasteiger partial charge is 0.494 e. The zero-order valence-electron chi connectivity index (χ0n) is 11.1. The van der Waals surface area contributed by atoms with Crippen LogP contribution in [0.15, 0.2) is 36.4 Å². The Balaban J connectivity index is 2.15. The Kier molecular flexibility index (Phi) is 4.59. The lowest BCUT2D eigenvalue weighted by Crippen LogP contribution is -2.02. The number of nitro groups is 1. The molecule has 2 rings (SSSR count). The fourth-order valence-corrected chi connectivity index (χ4v) is 1.90. The third-order valence-corrected chi connectivity index (χ3v) is 3.17. The normalized spacial score (nSPS) is 10.2. The molecule has 0 spiro atoms. The van der Waals surface area contributed by atoms with Crippen LogP contribution in [-0.2, 0) is 6.54 Å². The lowest BCUT2D eigenvalue weighted by atomic mass is 10.2. The second kappa shape index (κ2) is 6.41. The van der Waals surface area contributed by atoms with Crippen molar-refractivity contribution in [2.45, 2.75) is 6.54 Å². The average Bonchev–Trinajstić information content (AvgIpc) is 2.48. The van der Waals surface area contributed by atoms with E-state index in [2.05, 4.69) is 5.32 Å². The number of nitro benzene ring substituents is 1. The number of non-ortho nitro benzene ring substituents is 1. The maximum atomic E-state index is 13.3. The SMILES string of the molecule is COc1cc([N+](=O)[O-])ccc1NCc1ccc(Cl)c(F)c1. The maximum Gasteiger partial charge on any atom is 0.273 e. The van der Waals surface area contributed by atoms with Crippen LogP contribution >= 0.6 is 11.6 Å². The molecule has 0 saturated heterocycles. The first-order chi connectivity index (χ1) is 10.0. The number of hydrogen-bond acceptors (Lipinski definition) is 4. The van der Waals surface area contributed by atoms with Gasteiger partial charge in [-0.25, -0.2) is 4.39 Å².